The average Bonchev–Trinajstić information content (AvgIpc) is 2.59. The quantitative estimate of drug-likeness (QED) is 0.500. The van der Waals surface area contributed by atoms with Crippen molar-refractivity contribution in [3.8, 4) is 0 Å². The maximum absolute atomic E-state index is 13.5. The van der Waals surface area contributed by atoms with Crippen LogP contribution in [0.5, 0.6) is 0 Å². The second-order valence-corrected chi connectivity index (χ2v) is 10.7. The molecule has 3 rings (SSSR count). The number of allylic oxidation sites excluding steroid dienone is 1. The lowest BCUT2D eigenvalue weighted by Gasteiger charge is -2.53. The van der Waals surface area contributed by atoms with Crippen molar-refractivity contribution in [1.29, 1.82) is 0 Å². The van der Waals surface area contributed by atoms with Gasteiger partial charge in [0.25, 0.3) is 0 Å². The Bertz CT molecular complexity index is 1170. The Kier molecular flexibility index (Phi) is 4.95. The van der Waals surface area contributed by atoms with Crippen molar-refractivity contribution in [2.75, 3.05) is 7.11 Å². The number of nitrogens with one attached hydrogen (secondary N) is 1. The lowest BCUT2D eigenvalue weighted by atomic mass is 9.85. The first-order valence-electron chi connectivity index (χ1n) is 8.76. The molecule has 0 saturated carbocycles. The predicted molar refractivity (Wildman–Crippen MR) is 108 cm³/mol. The minimum Gasteiger partial charge on any atom is -0.371 e. The maximum Gasteiger partial charge on any atom is 0.338 e. The smallest absolute Gasteiger partial charge is 0.338 e. The third-order valence-electron chi connectivity index (χ3n) is 5.08. The number of hydrogen-bond donors (Lipinski definition) is 1. The Morgan fingerprint density at radius 3 is 2.38 bits per heavy atom. The van der Waals surface area contributed by atoms with Gasteiger partial charge in [-0.05, 0) is 12.5 Å². The van der Waals surface area contributed by atoms with Gasteiger partial charge in [0.05, 0.1) is 5.70 Å². The molecule has 0 radical (unpaired) electrons. The van der Waals surface area contributed by atoms with Crippen LogP contribution in [0, 0.1) is 5.41 Å². The number of methoxy groups -OCH3 is 1. The van der Waals surface area contributed by atoms with E-state index in [9.17, 15) is 22.8 Å². The van der Waals surface area contributed by atoms with Gasteiger partial charge in [-0.15, -0.1) is 0 Å². The Labute approximate surface area is 172 Å². The van der Waals surface area contributed by atoms with E-state index in [2.05, 4.69) is 10.1 Å². The fraction of sp³-hybridized carbons (Fsp3) is 0.588. The average molecular weight is 443 g/mol. The number of fused-ring (bicyclic) bond motifs is 1. The molecule has 0 spiro atoms. The molecule has 1 unspecified atom stereocenters. The molecule has 1 aromatic rings. The van der Waals surface area contributed by atoms with E-state index in [1.54, 1.807) is 20.8 Å². The maximum atomic E-state index is 13.5. The molecule has 12 heteroatoms. The molecule has 2 aliphatic heterocycles. The number of H-pyrrole nitrogens is 1. The van der Waals surface area contributed by atoms with Crippen molar-refractivity contribution >= 4 is 32.8 Å². The van der Waals surface area contributed by atoms with E-state index < -0.39 is 43.1 Å². The van der Waals surface area contributed by atoms with E-state index in [0.29, 0.717) is 0 Å². The number of carbonyl (C=O) groups is 1. The van der Waals surface area contributed by atoms with Crippen LogP contribution in [0.4, 0.5) is 0 Å². The molecular weight excluding hydrogens is 420 g/mol. The SMILES string of the molecule is CO[C@H]1C(=S)N2C(C(=O)C(C)(C)C)=C(C)C(c3nc(=O)c(=O)[nH]n3C)S(=O)(=O)[C@H]12. The Balaban J connectivity index is 2.37. The van der Waals surface area contributed by atoms with Gasteiger partial charge in [-0.25, -0.2) is 8.42 Å². The number of sulfone groups is 1. The van der Waals surface area contributed by atoms with Crippen molar-refractivity contribution in [3.63, 3.8) is 0 Å². The number of hydrogen-bond acceptors (Lipinski definition) is 8. The Morgan fingerprint density at radius 2 is 1.86 bits per heavy atom. The number of carbonyl (C=O) groups excluding carboxylic acids is 1. The van der Waals surface area contributed by atoms with E-state index in [4.69, 9.17) is 17.0 Å². The van der Waals surface area contributed by atoms with Gasteiger partial charge in [0.2, 0.25) is 0 Å². The molecule has 1 aromatic heterocycles. The van der Waals surface area contributed by atoms with Crippen molar-refractivity contribution in [2.24, 2.45) is 12.5 Å². The van der Waals surface area contributed by atoms with Crippen LogP contribution in [0.2, 0.25) is 0 Å². The molecule has 0 bridgehead atoms. The first-order valence-corrected chi connectivity index (χ1v) is 10.8. The summed E-state index contributed by atoms with van der Waals surface area (Å²) in [5, 5.41) is -0.381. The number of aromatic amines is 1. The summed E-state index contributed by atoms with van der Waals surface area (Å²) in [5.74, 6) is -0.482. The molecule has 3 atom stereocenters. The molecule has 29 heavy (non-hydrogen) atoms. The molecule has 10 nitrogen and oxygen atoms in total. The van der Waals surface area contributed by atoms with Gasteiger partial charge >= 0.3 is 11.1 Å². The molecule has 158 valence electrons. The van der Waals surface area contributed by atoms with Crippen molar-refractivity contribution in [1.82, 2.24) is 19.7 Å². The number of Topliss-reactive ketones (excluding diaryl/α,β-unsaturated/α-hetero) is 1. The largest absolute Gasteiger partial charge is 0.371 e. The molecule has 0 aliphatic carbocycles. The van der Waals surface area contributed by atoms with Crippen LogP contribution in [0.3, 0.4) is 0 Å². The highest BCUT2D eigenvalue weighted by atomic mass is 32.2. The summed E-state index contributed by atoms with van der Waals surface area (Å²) in [5.41, 5.74) is -2.56. The lowest BCUT2D eigenvalue weighted by molar-refractivity contribution is -0.124. The monoisotopic (exact) mass is 442 g/mol. The highest BCUT2D eigenvalue weighted by Gasteiger charge is 2.62. The second-order valence-electron chi connectivity index (χ2n) is 8.11. The summed E-state index contributed by atoms with van der Waals surface area (Å²) >= 11 is 5.33. The zero-order valence-electron chi connectivity index (χ0n) is 16.8. The number of aromatic nitrogens is 3. The predicted octanol–water partition coefficient (Wildman–Crippen LogP) is -0.189. The number of ether oxygens (including phenoxy) is 1. The van der Waals surface area contributed by atoms with E-state index in [1.807, 2.05) is 0 Å². The van der Waals surface area contributed by atoms with Crippen LogP contribution in [0.1, 0.15) is 38.8 Å². The van der Waals surface area contributed by atoms with Gasteiger partial charge in [-0.2, -0.15) is 4.98 Å². The highest BCUT2D eigenvalue weighted by molar-refractivity contribution is 7.93. The van der Waals surface area contributed by atoms with Crippen molar-refractivity contribution in [2.45, 2.75) is 44.4 Å². The van der Waals surface area contributed by atoms with Crippen molar-refractivity contribution < 1.29 is 17.9 Å². The topological polar surface area (TPSA) is 131 Å². The summed E-state index contributed by atoms with van der Waals surface area (Å²) < 4.78 is 33.3. The molecule has 1 saturated heterocycles. The molecule has 0 aromatic carbocycles. The molecule has 1 fully saturated rings. The zero-order chi connectivity index (χ0) is 22.0. The number of ketones is 1. The Hall–Kier alpha value is -2.18. The van der Waals surface area contributed by atoms with Gasteiger partial charge in [-0.1, -0.05) is 33.0 Å². The van der Waals surface area contributed by atoms with Gasteiger partial charge in [0, 0.05) is 19.6 Å². The van der Waals surface area contributed by atoms with Crippen LogP contribution in [-0.2, 0) is 26.4 Å². The molecular formula is C17H22N4O6S2. The fourth-order valence-electron chi connectivity index (χ4n) is 3.62. The molecule has 3 heterocycles. The summed E-state index contributed by atoms with van der Waals surface area (Å²) in [6.45, 7) is 6.64. The van der Waals surface area contributed by atoms with Crippen LogP contribution < -0.4 is 11.1 Å². The minimum atomic E-state index is -4.07. The number of thiocarbonyl (C=S) groups is 1. The van der Waals surface area contributed by atoms with Gasteiger partial charge in [0.1, 0.15) is 22.2 Å². The van der Waals surface area contributed by atoms with Gasteiger partial charge < -0.3 is 9.64 Å². The third kappa shape index (κ3) is 3.01. The lowest BCUT2D eigenvalue weighted by Crippen LogP contribution is -2.70. The highest BCUT2D eigenvalue weighted by Crippen LogP contribution is 2.48. The third-order valence-corrected chi connectivity index (χ3v) is 7.86. The van der Waals surface area contributed by atoms with Crippen LogP contribution >= 0.6 is 12.2 Å². The first-order chi connectivity index (χ1) is 13.2. The van der Waals surface area contributed by atoms with E-state index in [0.717, 1.165) is 4.68 Å². The van der Waals surface area contributed by atoms with Crippen LogP contribution in [-0.4, -0.2) is 57.4 Å². The molecule has 0 amide bonds. The summed E-state index contributed by atoms with van der Waals surface area (Å²) in [4.78, 5) is 41.9. The standard InChI is InChI=1S/C17H22N4O6S2/c1-7-8(11(22)17(2,3)4)21-15(28)9(27-6)16(21)29(25,26)10(7)12-18-13(23)14(24)19-20(12)5/h9-10,16H,1-6H3,(H,19,24)/t9-,10?,16+/m0/s1. The number of rotatable bonds is 3. The van der Waals surface area contributed by atoms with Crippen LogP contribution in [0.15, 0.2) is 20.9 Å². The normalized spacial score (nSPS) is 26.2. The summed E-state index contributed by atoms with van der Waals surface area (Å²) in [6, 6.07) is 0. The van der Waals surface area contributed by atoms with Gasteiger partial charge in [-0.3, -0.25) is 24.2 Å². The van der Waals surface area contributed by atoms with E-state index in [1.165, 1.54) is 26.0 Å². The second kappa shape index (κ2) is 6.67. The molecule has 2 aliphatic rings. The van der Waals surface area contributed by atoms with Gasteiger partial charge in [0.15, 0.2) is 21.0 Å². The van der Waals surface area contributed by atoms with Crippen molar-refractivity contribution in [3.05, 3.63) is 37.8 Å². The summed E-state index contributed by atoms with van der Waals surface area (Å²) in [7, 11) is -1.35. The van der Waals surface area contributed by atoms with E-state index in [-0.39, 0.29) is 27.9 Å². The van der Waals surface area contributed by atoms with E-state index >= 15 is 0 Å². The zero-order valence-corrected chi connectivity index (χ0v) is 18.5. The summed E-state index contributed by atoms with van der Waals surface area (Å²) in [6.07, 6.45) is -0.909. The first kappa shape index (κ1) is 21.5. The molecule has 1 N–H and O–H groups in total. The van der Waals surface area contributed by atoms with Crippen LogP contribution in [0.25, 0.3) is 0 Å². The number of aryl methyl sites for hydroxylation is 1. The minimum absolute atomic E-state index is 0.154. The Morgan fingerprint density at radius 1 is 1.28 bits per heavy atom. The fourth-order valence-corrected chi connectivity index (χ4v) is 6.69. The number of nitrogens with zero attached hydrogens (tertiary/aromatic N) is 3.